The first-order valence-corrected chi connectivity index (χ1v) is 5.39. The minimum atomic E-state index is -4.78. The number of hydrogen-bond donors (Lipinski definition) is 0. The van der Waals surface area contributed by atoms with Gasteiger partial charge in [-0.15, -0.1) is 0 Å². The van der Waals surface area contributed by atoms with Crippen molar-refractivity contribution in [3.63, 3.8) is 0 Å². The van der Waals surface area contributed by atoms with Crippen molar-refractivity contribution in [1.29, 1.82) is 0 Å². The standard InChI is InChI=1S/C10H14F3NO3/c1-2-17-9(16)14-5-3-7(4-6-14)8(15)10(11,12)13/h7H,2-6H2,1H3. The van der Waals surface area contributed by atoms with Gasteiger partial charge in [-0.1, -0.05) is 0 Å². The van der Waals surface area contributed by atoms with Crippen LogP contribution in [0.2, 0.25) is 0 Å². The molecule has 1 fully saturated rings. The number of likely N-dealkylation sites (tertiary alicyclic amines) is 1. The van der Waals surface area contributed by atoms with Gasteiger partial charge >= 0.3 is 12.3 Å². The second-order valence-corrected chi connectivity index (χ2v) is 3.82. The summed E-state index contributed by atoms with van der Waals surface area (Å²) in [6, 6.07) is 0. The Morgan fingerprint density at radius 3 is 2.24 bits per heavy atom. The van der Waals surface area contributed by atoms with Crippen molar-refractivity contribution in [1.82, 2.24) is 4.90 Å². The van der Waals surface area contributed by atoms with E-state index in [1.165, 1.54) is 4.90 Å². The van der Waals surface area contributed by atoms with Gasteiger partial charge < -0.3 is 9.64 Å². The molecular weight excluding hydrogens is 239 g/mol. The number of piperidine rings is 1. The smallest absolute Gasteiger partial charge is 0.450 e. The summed E-state index contributed by atoms with van der Waals surface area (Å²) >= 11 is 0. The summed E-state index contributed by atoms with van der Waals surface area (Å²) in [6.07, 6.45) is -5.24. The Morgan fingerprint density at radius 1 is 1.29 bits per heavy atom. The predicted molar refractivity (Wildman–Crippen MR) is 52.4 cm³/mol. The zero-order valence-electron chi connectivity index (χ0n) is 9.42. The monoisotopic (exact) mass is 253 g/mol. The zero-order valence-corrected chi connectivity index (χ0v) is 9.42. The molecule has 1 amide bonds. The van der Waals surface area contributed by atoms with Crippen LogP contribution in [0.15, 0.2) is 0 Å². The number of carbonyl (C=O) groups is 2. The molecule has 0 N–H and O–H groups in total. The van der Waals surface area contributed by atoms with Gasteiger partial charge in [0.05, 0.1) is 6.61 Å². The number of amides is 1. The number of rotatable bonds is 2. The van der Waals surface area contributed by atoms with Crippen LogP contribution in [0.5, 0.6) is 0 Å². The van der Waals surface area contributed by atoms with Crippen LogP contribution < -0.4 is 0 Å². The molecule has 0 spiro atoms. The fourth-order valence-electron chi connectivity index (χ4n) is 1.77. The van der Waals surface area contributed by atoms with Crippen LogP contribution in [0.1, 0.15) is 19.8 Å². The van der Waals surface area contributed by atoms with Gasteiger partial charge in [0.2, 0.25) is 5.78 Å². The van der Waals surface area contributed by atoms with Crippen LogP contribution in [0, 0.1) is 5.92 Å². The van der Waals surface area contributed by atoms with Crippen LogP contribution in [-0.4, -0.2) is 42.6 Å². The van der Waals surface area contributed by atoms with Gasteiger partial charge in [0, 0.05) is 19.0 Å². The highest BCUT2D eigenvalue weighted by atomic mass is 19.4. The molecule has 0 atom stereocenters. The van der Waals surface area contributed by atoms with Crippen molar-refractivity contribution in [2.75, 3.05) is 19.7 Å². The second kappa shape index (κ2) is 5.37. The number of ketones is 1. The van der Waals surface area contributed by atoms with E-state index in [0.29, 0.717) is 0 Å². The van der Waals surface area contributed by atoms with Crippen molar-refractivity contribution >= 4 is 11.9 Å². The lowest BCUT2D eigenvalue weighted by Gasteiger charge is -2.30. The first-order valence-electron chi connectivity index (χ1n) is 5.39. The molecule has 1 heterocycles. The van der Waals surface area contributed by atoms with Crippen LogP contribution in [0.25, 0.3) is 0 Å². The summed E-state index contributed by atoms with van der Waals surface area (Å²) in [4.78, 5) is 23.6. The van der Waals surface area contributed by atoms with E-state index in [2.05, 4.69) is 0 Å². The van der Waals surface area contributed by atoms with Gasteiger partial charge in [-0.05, 0) is 19.8 Å². The lowest BCUT2D eigenvalue weighted by Crippen LogP contribution is -2.43. The highest BCUT2D eigenvalue weighted by molar-refractivity contribution is 5.86. The van der Waals surface area contributed by atoms with Gasteiger partial charge in [0.15, 0.2) is 0 Å². The average molecular weight is 253 g/mol. The lowest BCUT2D eigenvalue weighted by molar-refractivity contribution is -0.176. The highest BCUT2D eigenvalue weighted by Gasteiger charge is 2.44. The average Bonchev–Trinajstić information content (AvgIpc) is 2.27. The Labute approximate surface area is 96.7 Å². The fraction of sp³-hybridized carbons (Fsp3) is 0.800. The Bertz CT molecular complexity index is 296. The largest absolute Gasteiger partial charge is 0.450 e. The normalized spacial score (nSPS) is 18.0. The van der Waals surface area contributed by atoms with Crippen molar-refractivity contribution in [3.8, 4) is 0 Å². The van der Waals surface area contributed by atoms with E-state index < -0.39 is 24.0 Å². The third-order valence-electron chi connectivity index (χ3n) is 2.67. The predicted octanol–water partition coefficient (Wildman–Crippen LogP) is 1.99. The van der Waals surface area contributed by atoms with E-state index in [1.807, 2.05) is 0 Å². The molecule has 0 radical (unpaired) electrons. The minimum absolute atomic E-state index is 0.0388. The molecule has 98 valence electrons. The quantitative estimate of drug-likeness (QED) is 0.756. The summed E-state index contributed by atoms with van der Waals surface area (Å²) in [7, 11) is 0. The molecule has 0 bridgehead atoms. The molecule has 1 saturated heterocycles. The van der Waals surface area contributed by atoms with Gasteiger partial charge in [0.25, 0.3) is 0 Å². The minimum Gasteiger partial charge on any atom is -0.450 e. The Balaban J connectivity index is 2.46. The maximum absolute atomic E-state index is 12.2. The molecule has 0 aromatic carbocycles. The van der Waals surface area contributed by atoms with Crippen LogP contribution in [-0.2, 0) is 9.53 Å². The van der Waals surface area contributed by atoms with E-state index in [1.54, 1.807) is 6.92 Å². The molecule has 1 rings (SSSR count). The first-order chi connectivity index (χ1) is 7.86. The number of Topliss-reactive ketones (excluding diaryl/α,β-unsaturated/α-hetero) is 1. The van der Waals surface area contributed by atoms with Gasteiger partial charge in [0.1, 0.15) is 0 Å². The summed E-state index contributed by atoms with van der Waals surface area (Å²) < 4.78 is 41.2. The van der Waals surface area contributed by atoms with E-state index in [9.17, 15) is 22.8 Å². The van der Waals surface area contributed by atoms with E-state index in [0.717, 1.165) is 0 Å². The molecule has 17 heavy (non-hydrogen) atoms. The second-order valence-electron chi connectivity index (χ2n) is 3.82. The number of ether oxygens (including phenoxy) is 1. The summed E-state index contributed by atoms with van der Waals surface area (Å²) in [5.41, 5.74) is 0. The van der Waals surface area contributed by atoms with Gasteiger partial charge in [-0.2, -0.15) is 13.2 Å². The number of alkyl halides is 3. The maximum Gasteiger partial charge on any atom is 0.450 e. The summed E-state index contributed by atoms with van der Waals surface area (Å²) in [5.74, 6) is -2.72. The number of carbonyl (C=O) groups excluding carboxylic acids is 2. The van der Waals surface area contributed by atoms with Crippen molar-refractivity contribution in [2.24, 2.45) is 5.92 Å². The lowest BCUT2D eigenvalue weighted by atomic mass is 9.92. The van der Waals surface area contributed by atoms with Crippen LogP contribution in [0.3, 0.4) is 0 Å². The highest BCUT2D eigenvalue weighted by Crippen LogP contribution is 2.27. The molecule has 0 unspecified atom stereocenters. The summed E-state index contributed by atoms with van der Waals surface area (Å²) in [6.45, 7) is 2.13. The van der Waals surface area contributed by atoms with Crippen molar-refractivity contribution in [2.45, 2.75) is 25.9 Å². The van der Waals surface area contributed by atoms with E-state index in [4.69, 9.17) is 4.74 Å². The summed E-state index contributed by atoms with van der Waals surface area (Å²) in [5, 5.41) is 0. The number of nitrogens with zero attached hydrogens (tertiary/aromatic N) is 1. The van der Waals surface area contributed by atoms with Crippen molar-refractivity contribution < 1.29 is 27.5 Å². The molecule has 1 aliphatic heterocycles. The van der Waals surface area contributed by atoms with Crippen molar-refractivity contribution in [3.05, 3.63) is 0 Å². The topological polar surface area (TPSA) is 46.6 Å². The molecular formula is C10H14F3NO3. The molecule has 1 aliphatic rings. The van der Waals surface area contributed by atoms with Gasteiger partial charge in [-0.25, -0.2) is 4.79 Å². The molecule has 0 aromatic rings. The molecule has 4 nitrogen and oxygen atoms in total. The molecule has 7 heteroatoms. The van der Waals surface area contributed by atoms with E-state index >= 15 is 0 Å². The van der Waals surface area contributed by atoms with Crippen LogP contribution in [0.4, 0.5) is 18.0 Å². The zero-order chi connectivity index (χ0) is 13.1. The third-order valence-corrected chi connectivity index (χ3v) is 2.67. The first kappa shape index (κ1) is 13.8. The molecule has 0 aliphatic carbocycles. The van der Waals surface area contributed by atoms with Crippen LogP contribution >= 0.6 is 0 Å². The van der Waals surface area contributed by atoms with E-state index in [-0.39, 0.29) is 32.5 Å². The van der Waals surface area contributed by atoms with Gasteiger partial charge in [-0.3, -0.25) is 4.79 Å². The number of hydrogen-bond acceptors (Lipinski definition) is 3. The fourth-order valence-corrected chi connectivity index (χ4v) is 1.77. The Hall–Kier alpha value is -1.27. The third kappa shape index (κ3) is 3.61. The molecule has 0 saturated carbocycles. The maximum atomic E-state index is 12.2. The SMILES string of the molecule is CCOC(=O)N1CCC(C(=O)C(F)(F)F)CC1. The number of halogens is 3. The Kier molecular flexibility index (Phi) is 4.36. The Morgan fingerprint density at radius 2 is 1.82 bits per heavy atom. The molecule has 0 aromatic heterocycles.